The third-order valence-corrected chi connectivity index (χ3v) is 4.53. The van der Waals surface area contributed by atoms with Gasteiger partial charge < -0.3 is 10.2 Å². The molecular weight excluding hydrogens is 549 g/mol. The third kappa shape index (κ3) is 3.30. The van der Waals surface area contributed by atoms with Crippen molar-refractivity contribution in [2.45, 2.75) is 0 Å². The molecule has 0 aliphatic rings. The van der Waals surface area contributed by atoms with Gasteiger partial charge >= 0.3 is 0 Å². The van der Waals surface area contributed by atoms with Gasteiger partial charge in [0, 0.05) is 56.0 Å². The van der Waals surface area contributed by atoms with Gasteiger partial charge in [-0.3, -0.25) is 9.97 Å². The van der Waals surface area contributed by atoms with Crippen molar-refractivity contribution < 1.29 is 31.3 Å². The summed E-state index contributed by atoms with van der Waals surface area (Å²) in [7, 11) is 0. The van der Waals surface area contributed by atoms with Crippen LogP contribution in [0.4, 0.5) is 0 Å². The van der Waals surface area contributed by atoms with Gasteiger partial charge in [-0.05, 0) is 18.2 Å². The topological polar surface area (TPSA) is 105 Å². The number of aromatic hydroxyl groups is 2. The monoisotopic (exact) mass is 562 g/mol. The van der Waals surface area contributed by atoms with Crippen LogP contribution >= 0.6 is 0 Å². The summed E-state index contributed by atoms with van der Waals surface area (Å²) in [4.78, 5) is 21.6. The molecule has 0 fully saturated rings. The molecule has 0 radical (unpaired) electrons. The summed E-state index contributed by atoms with van der Waals surface area (Å²) >= 11 is 0. The Kier molecular flexibility index (Phi) is 4.90. The van der Waals surface area contributed by atoms with Gasteiger partial charge in [-0.25, -0.2) is 15.0 Å². The number of benzene rings is 1. The molecule has 0 amide bonds. The number of hydrogen-bond acceptors (Lipinski definition) is 7. The molecule has 7 nitrogen and oxygen atoms in total. The first-order valence-corrected chi connectivity index (χ1v) is 8.54. The molecule has 0 aliphatic carbocycles. The van der Waals surface area contributed by atoms with Crippen LogP contribution in [0, 0.1) is 0 Å². The average molecular weight is 562 g/mol. The summed E-state index contributed by atoms with van der Waals surface area (Å²) in [5.41, 5.74) is 3.05. The molecule has 144 valence electrons. The first-order valence-electron chi connectivity index (χ1n) is 8.54. The Bertz CT molecular complexity index is 1260. The summed E-state index contributed by atoms with van der Waals surface area (Å²) in [5, 5.41) is 21.9. The van der Waals surface area contributed by atoms with Gasteiger partial charge in [0.05, 0.1) is 29.2 Å². The van der Waals surface area contributed by atoms with E-state index in [2.05, 4.69) is 19.9 Å². The molecule has 4 aromatic heterocycles. The fourth-order valence-electron chi connectivity index (χ4n) is 3.13. The van der Waals surface area contributed by atoms with Crippen molar-refractivity contribution in [1.82, 2.24) is 24.9 Å². The zero-order valence-corrected chi connectivity index (χ0v) is 17.1. The van der Waals surface area contributed by atoms with Crippen LogP contribution in [0.5, 0.6) is 11.5 Å². The van der Waals surface area contributed by atoms with Gasteiger partial charge in [-0.2, -0.15) is 0 Å². The van der Waals surface area contributed by atoms with Crippen LogP contribution in [-0.4, -0.2) is 35.1 Å². The molecule has 0 saturated heterocycles. The molecular formula is C21H13N5O2Pt. The zero-order valence-electron chi connectivity index (χ0n) is 14.8. The second-order valence-corrected chi connectivity index (χ2v) is 6.25. The SMILES string of the molecule is Oc1cnccc1-c1ccc2ccc3cnc(-c4ccncc4O)nc3c2n1.[Pt]. The van der Waals surface area contributed by atoms with E-state index in [0.29, 0.717) is 33.7 Å². The summed E-state index contributed by atoms with van der Waals surface area (Å²) in [6.07, 6.45) is 7.63. The van der Waals surface area contributed by atoms with Gasteiger partial charge in [-0.15, -0.1) is 0 Å². The van der Waals surface area contributed by atoms with Crippen molar-refractivity contribution in [3.8, 4) is 34.1 Å². The zero-order chi connectivity index (χ0) is 19.1. The molecule has 29 heavy (non-hydrogen) atoms. The van der Waals surface area contributed by atoms with Crippen LogP contribution in [0.1, 0.15) is 0 Å². The minimum absolute atomic E-state index is 0. The third-order valence-electron chi connectivity index (χ3n) is 4.53. The maximum atomic E-state index is 10.1. The van der Waals surface area contributed by atoms with E-state index in [1.807, 2.05) is 24.3 Å². The van der Waals surface area contributed by atoms with Crippen molar-refractivity contribution in [2.24, 2.45) is 0 Å². The van der Waals surface area contributed by atoms with E-state index in [1.54, 1.807) is 30.7 Å². The van der Waals surface area contributed by atoms with E-state index < -0.39 is 0 Å². The Balaban J connectivity index is 0.00000205. The first-order chi connectivity index (χ1) is 13.7. The predicted molar refractivity (Wildman–Crippen MR) is 105 cm³/mol. The Morgan fingerprint density at radius 1 is 0.621 bits per heavy atom. The maximum Gasteiger partial charge on any atom is 0.163 e. The molecule has 0 aliphatic heterocycles. The molecule has 0 bridgehead atoms. The Labute approximate surface area is 179 Å². The fraction of sp³-hybridized carbons (Fsp3) is 0. The van der Waals surface area contributed by atoms with Crippen LogP contribution in [-0.2, 0) is 21.1 Å². The molecule has 8 heteroatoms. The smallest absolute Gasteiger partial charge is 0.163 e. The molecule has 0 unspecified atom stereocenters. The normalized spacial score (nSPS) is 10.8. The quantitative estimate of drug-likeness (QED) is 0.316. The van der Waals surface area contributed by atoms with Gasteiger partial charge in [0.25, 0.3) is 0 Å². The minimum Gasteiger partial charge on any atom is -0.506 e. The minimum atomic E-state index is 0. The van der Waals surface area contributed by atoms with Crippen LogP contribution < -0.4 is 0 Å². The number of aromatic nitrogens is 5. The van der Waals surface area contributed by atoms with Crippen molar-refractivity contribution >= 4 is 21.8 Å². The van der Waals surface area contributed by atoms with E-state index in [0.717, 1.165) is 10.8 Å². The van der Waals surface area contributed by atoms with Crippen LogP contribution in [0.3, 0.4) is 0 Å². The number of nitrogens with zero attached hydrogens (tertiary/aromatic N) is 5. The van der Waals surface area contributed by atoms with Gasteiger partial charge in [0.2, 0.25) is 0 Å². The van der Waals surface area contributed by atoms with Crippen LogP contribution in [0.15, 0.2) is 67.4 Å². The van der Waals surface area contributed by atoms with E-state index >= 15 is 0 Å². The van der Waals surface area contributed by atoms with Crippen molar-refractivity contribution in [2.75, 3.05) is 0 Å². The number of rotatable bonds is 2. The molecule has 0 spiro atoms. The maximum absolute atomic E-state index is 10.1. The van der Waals surface area contributed by atoms with Gasteiger partial charge in [0.15, 0.2) is 5.82 Å². The largest absolute Gasteiger partial charge is 0.506 e. The molecule has 5 aromatic rings. The van der Waals surface area contributed by atoms with Crippen LogP contribution in [0.25, 0.3) is 44.5 Å². The van der Waals surface area contributed by atoms with Crippen molar-refractivity contribution in [3.63, 3.8) is 0 Å². The van der Waals surface area contributed by atoms with Crippen molar-refractivity contribution in [1.29, 1.82) is 0 Å². The molecule has 0 saturated carbocycles. The average Bonchev–Trinajstić information content (AvgIpc) is 2.74. The number of pyridine rings is 3. The molecule has 5 rings (SSSR count). The predicted octanol–water partition coefficient (Wildman–Crippen LogP) is 3.71. The Morgan fingerprint density at radius 3 is 1.97 bits per heavy atom. The van der Waals surface area contributed by atoms with E-state index in [1.165, 1.54) is 12.4 Å². The number of fused-ring (bicyclic) bond motifs is 3. The second kappa shape index (κ2) is 7.53. The van der Waals surface area contributed by atoms with E-state index in [-0.39, 0.29) is 32.6 Å². The van der Waals surface area contributed by atoms with Crippen molar-refractivity contribution in [3.05, 3.63) is 67.4 Å². The Morgan fingerprint density at radius 2 is 1.24 bits per heavy atom. The number of hydrogen-bond donors (Lipinski definition) is 2. The van der Waals surface area contributed by atoms with E-state index in [4.69, 9.17) is 4.98 Å². The van der Waals surface area contributed by atoms with E-state index in [9.17, 15) is 10.2 Å². The molecule has 4 heterocycles. The van der Waals surface area contributed by atoms with Crippen LogP contribution in [0.2, 0.25) is 0 Å². The molecule has 1 aromatic carbocycles. The summed E-state index contributed by atoms with van der Waals surface area (Å²) in [6, 6.07) is 11.0. The summed E-state index contributed by atoms with van der Waals surface area (Å²) < 4.78 is 0. The Hall–Kier alpha value is -3.44. The standard InChI is InChI=1S/C21H13N5O2.Pt/c27-17-10-22-7-5-14(17)16-4-3-12-1-2-13-9-24-21(26-20(13)19(12)25-16)15-6-8-23-11-18(15)28;/h1-11,27-28H;. The summed E-state index contributed by atoms with van der Waals surface area (Å²) in [5.74, 6) is 0.461. The summed E-state index contributed by atoms with van der Waals surface area (Å²) in [6.45, 7) is 0. The molecule has 2 N–H and O–H groups in total. The first kappa shape index (κ1) is 18.9. The fourth-order valence-corrected chi connectivity index (χ4v) is 3.13. The second-order valence-electron chi connectivity index (χ2n) is 6.25. The van der Waals surface area contributed by atoms with Gasteiger partial charge in [0.1, 0.15) is 17.0 Å². The van der Waals surface area contributed by atoms with Gasteiger partial charge in [-0.1, -0.05) is 18.2 Å². The molecule has 0 atom stereocenters.